The number of hydrogen-bond donors (Lipinski definition) is 0. The molecule has 1 aliphatic heterocycles. The van der Waals surface area contributed by atoms with Gasteiger partial charge in [-0.15, -0.1) is 0 Å². The molecule has 0 amide bonds. The van der Waals surface area contributed by atoms with E-state index in [1.54, 1.807) is 0 Å². The fourth-order valence-electron chi connectivity index (χ4n) is 1.94. The summed E-state index contributed by atoms with van der Waals surface area (Å²) in [4.78, 5) is 11.7. The van der Waals surface area contributed by atoms with Crippen molar-refractivity contribution < 1.29 is 9.53 Å². The molecule has 15 heavy (non-hydrogen) atoms. The smallest absolute Gasteiger partial charge is 0.161 e. The van der Waals surface area contributed by atoms with E-state index in [1.165, 1.54) is 0 Å². The van der Waals surface area contributed by atoms with Crippen LogP contribution in [0.25, 0.3) is 0 Å². The van der Waals surface area contributed by atoms with Crippen molar-refractivity contribution >= 4 is 5.78 Å². The Morgan fingerprint density at radius 2 is 2.20 bits per heavy atom. The number of carbonyl (C=O) groups is 1. The van der Waals surface area contributed by atoms with Crippen LogP contribution in [0.3, 0.4) is 0 Å². The van der Waals surface area contributed by atoms with Gasteiger partial charge in [0.25, 0.3) is 0 Å². The van der Waals surface area contributed by atoms with Gasteiger partial charge in [0.05, 0.1) is 6.10 Å². The first-order valence-corrected chi connectivity index (χ1v) is 5.94. The van der Waals surface area contributed by atoms with E-state index < -0.39 is 0 Å². The average Bonchev–Trinajstić information content (AvgIpc) is 2.66. The Bertz CT molecular complexity index is 231. The van der Waals surface area contributed by atoms with Crippen LogP contribution in [0.5, 0.6) is 0 Å². The average molecular weight is 210 g/mol. The van der Waals surface area contributed by atoms with Crippen LogP contribution in [0.15, 0.2) is 12.2 Å². The van der Waals surface area contributed by atoms with Crippen LogP contribution < -0.4 is 0 Å². The number of Topliss-reactive ketones (excluding diaryl/α,β-unsaturated/α-hetero) is 1. The molecule has 1 rings (SSSR count). The Balaban J connectivity index is 2.30. The molecular formula is C13H22O2. The lowest BCUT2D eigenvalue weighted by Crippen LogP contribution is -2.23. The topological polar surface area (TPSA) is 26.3 Å². The monoisotopic (exact) mass is 210 g/mol. The summed E-state index contributed by atoms with van der Waals surface area (Å²) in [6, 6.07) is 0. The number of ketones is 1. The van der Waals surface area contributed by atoms with Crippen molar-refractivity contribution in [2.45, 2.75) is 58.7 Å². The Labute approximate surface area is 92.7 Å². The van der Waals surface area contributed by atoms with Crippen LogP contribution in [0.1, 0.15) is 46.5 Å². The second-order valence-corrected chi connectivity index (χ2v) is 4.56. The maximum Gasteiger partial charge on any atom is 0.161 e. The minimum absolute atomic E-state index is 0.123. The van der Waals surface area contributed by atoms with E-state index in [2.05, 4.69) is 13.8 Å². The maximum atomic E-state index is 11.7. The lowest BCUT2D eigenvalue weighted by molar-refractivity contribution is -0.130. The van der Waals surface area contributed by atoms with E-state index in [0.29, 0.717) is 18.4 Å². The van der Waals surface area contributed by atoms with Crippen LogP contribution in [0.2, 0.25) is 0 Å². The van der Waals surface area contributed by atoms with Crippen LogP contribution >= 0.6 is 0 Å². The first-order chi connectivity index (χ1) is 7.15. The highest BCUT2D eigenvalue weighted by molar-refractivity contribution is 5.83. The van der Waals surface area contributed by atoms with E-state index in [9.17, 15) is 4.79 Å². The quantitative estimate of drug-likeness (QED) is 0.652. The maximum absolute atomic E-state index is 11.7. The highest BCUT2D eigenvalue weighted by Gasteiger charge is 2.31. The van der Waals surface area contributed by atoms with Gasteiger partial charge < -0.3 is 4.74 Å². The first-order valence-electron chi connectivity index (χ1n) is 5.94. The van der Waals surface area contributed by atoms with Gasteiger partial charge in [-0.25, -0.2) is 0 Å². The van der Waals surface area contributed by atoms with Crippen LogP contribution in [0.4, 0.5) is 0 Å². The van der Waals surface area contributed by atoms with E-state index >= 15 is 0 Å². The SMILES string of the molecule is C/C=C\CCC(=O)[C@H]1CC[C@H](C(C)C)O1. The molecule has 0 radical (unpaired) electrons. The van der Waals surface area contributed by atoms with Gasteiger partial charge in [-0.05, 0) is 32.1 Å². The number of hydrogen-bond acceptors (Lipinski definition) is 2. The molecule has 86 valence electrons. The Morgan fingerprint density at radius 1 is 1.47 bits per heavy atom. The van der Waals surface area contributed by atoms with Crippen molar-refractivity contribution in [3.05, 3.63) is 12.2 Å². The Kier molecular flexibility index (Phi) is 5.03. The summed E-state index contributed by atoms with van der Waals surface area (Å²) in [5.74, 6) is 0.801. The van der Waals surface area contributed by atoms with Crippen LogP contribution in [0, 0.1) is 5.92 Å². The normalized spacial score (nSPS) is 26.7. The highest BCUT2D eigenvalue weighted by atomic mass is 16.5. The number of rotatable bonds is 5. The largest absolute Gasteiger partial charge is 0.367 e. The van der Waals surface area contributed by atoms with Crippen molar-refractivity contribution in [3.63, 3.8) is 0 Å². The van der Waals surface area contributed by atoms with Crippen molar-refractivity contribution in [2.24, 2.45) is 5.92 Å². The molecular weight excluding hydrogens is 188 g/mol. The minimum atomic E-state index is -0.123. The molecule has 0 bridgehead atoms. The zero-order chi connectivity index (χ0) is 11.3. The molecule has 1 heterocycles. The Hall–Kier alpha value is -0.630. The standard InChI is InChI=1S/C13H22O2/c1-4-5-6-7-11(14)13-9-8-12(15-13)10(2)3/h4-5,10,12-13H,6-9H2,1-3H3/b5-4-/t12-,13-/m1/s1. The summed E-state index contributed by atoms with van der Waals surface area (Å²) in [6.07, 6.45) is 7.62. The summed E-state index contributed by atoms with van der Waals surface area (Å²) in [7, 11) is 0. The zero-order valence-electron chi connectivity index (χ0n) is 10.0. The van der Waals surface area contributed by atoms with Gasteiger partial charge in [0, 0.05) is 6.42 Å². The van der Waals surface area contributed by atoms with Crippen LogP contribution in [-0.2, 0) is 9.53 Å². The van der Waals surface area contributed by atoms with Gasteiger partial charge in [-0.2, -0.15) is 0 Å². The molecule has 1 aliphatic rings. The van der Waals surface area contributed by atoms with Crippen LogP contribution in [-0.4, -0.2) is 18.0 Å². The van der Waals surface area contributed by atoms with E-state index in [1.807, 2.05) is 19.1 Å². The molecule has 0 spiro atoms. The molecule has 2 nitrogen and oxygen atoms in total. The molecule has 0 aliphatic carbocycles. The second-order valence-electron chi connectivity index (χ2n) is 4.56. The number of allylic oxidation sites excluding steroid dienone is 2. The van der Waals surface area contributed by atoms with Crippen molar-refractivity contribution in [1.82, 2.24) is 0 Å². The third-order valence-electron chi connectivity index (χ3n) is 2.95. The fourth-order valence-corrected chi connectivity index (χ4v) is 1.94. The molecule has 0 unspecified atom stereocenters. The molecule has 2 atom stereocenters. The third-order valence-corrected chi connectivity index (χ3v) is 2.95. The summed E-state index contributed by atoms with van der Waals surface area (Å²) in [5.41, 5.74) is 0. The molecule has 0 aromatic carbocycles. The molecule has 0 aromatic rings. The number of carbonyl (C=O) groups excluding carboxylic acids is 1. The highest BCUT2D eigenvalue weighted by Crippen LogP contribution is 2.26. The molecule has 0 N–H and O–H groups in total. The van der Waals surface area contributed by atoms with E-state index in [4.69, 9.17) is 4.74 Å². The number of ether oxygens (including phenoxy) is 1. The van der Waals surface area contributed by atoms with Gasteiger partial charge in [-0.3, -0.25) is 4.79 Å². The molecule has 1 saturated heterocycles. The summed E-state index contributed by atoms with van der Waals surface area (Å²) >= 11 is 0. The van der Waals surface area contributed by atoms with Gasteiger partial charge in [-0.1, -0.05) is 26.0 Å². The third kappa shape index (κ3) is 3.78. The lowest BCUT2D eigenvalue weighted by Gasteiger charge is -2.15. The predicted molar refractivity (Wildman–Crippen MR) is 61.8 cm³/mol. The zero-order valence-corrected chi connectivity index (χ0v) is 10.0. The van der Waals surface area contributed by atoms with Gasteiger partial charge in [0.2, 0.25) is 0 Å². The summed E-state index contributed by atoms with van der Waals surface area (Å²) in [6.45, 7) is 6.28. The fraction of sp³-hybridized carbons (Fsp3) is 0.769. The van der Waals surface area contributed by atoms with Crippen molar-refractivity contribution in [1.29, 1.82) is 0 Å². The van der Waals surface area contributed by atoms with Crippen molar-refractivity contribution in [3.8, 4) is 0 Å². The van der Waals surface area contributed by atoms with Gasteiger partial charge in [0.15, 0.2) is 5.78 Å². The predicted octanol–water partition coefficient (Wildman–Crippen LogP) is 3.12. The molecule has 2 heteroatoms. The van der Waals surface area contributed by atoms with E-state index in [0.717, 1.165) is 19.3 Å². The lowest BCUT2D eigenvalue weighted by atomic mass is 10.0. The molecule has 0 saturated carbocycles. The Morgan fingerprint density at radius 3 is 2.73 bits per heavy atom. The minimum Gasteiger partial charge on any atom is -0.367 e. The first kappa shape index (κ1) is 12.4. The summed E-state index contributed by atoms with van der Waals surface area (Å²) in [5, 5.41) is 0. The second kappa shape index (κ2) is 6.06. The van der Waals surface area contributed by atoms with Crippen molar-refractivity contribution in [2.75, 3.05) is 0 Å². The van der Waals surface area contributed by atoms with Gasteiger partial charge in [0.1, 0.15) is 6.10 Å². The molecule has 1 fully saturated rings. The summed E-state index contributed by atoms with van der Waals surface area (Å²) < 4.78 is 5.74. The molecule has 0 aromatic heterocycles. The van der Waals surface area contributed by atoms with E-state index in [-0.39, 0.29) is 11.9 Å². The van der Waals surface area contributed by atoms with Gasteiger partial charge >= 0.3 is 0 Å².